The van der Waals surface area contributed by atoms with Crippen molar-refractivity contribution in [2.45, 2.75) is 45.2 Å². The average Bonchev–Trinajstić information content (AvgIpc) is 3.12. The van der Waals surface area contributed by atoms with Crippen LogP contribution in [-0.4, -0.2) is 21.4 Å². The van der Waals surface area contributed by atoms with Gasteiger partial charge in [0.1, 0.15) is 6.54 Å². The van der Waals surface area contributed by atoms with E-state index in [-0.39, 0.29) is 24.2 Å². The van der Waals surface area contributed by atoms with Crippen molar-refractivity contribution in [2.75, 3.05) is 0 Å². The second-order valence-corrected chi connectivity index (χ2v) is 6.81. The van der Waals surface area contributed by atoms with Gasteiger partial charge in [-0.25, -0.2) is 0 Å². The standard InChI is InChI=1S/C16H21N3O4/c1-10(14-7-11-2-3-12(14)6-11)17-15(20)9-18-8-13(19(22)23)4-5-16(18)21/h4-5,8,10-12,14H,2-3,6-7,9H2,1H3,(H,17,20)/t10-,11+,12+,14-/m1/s1. The van der Waals surface area contributed by atoms with Crippen molar-refractivity contribution in [3.8, 4) is 0 Å². The predicted molar refractivity (Wildman–Crippen MR) is 83.9 cm³/mol. The maximum Gasteiger partial charge on any atom is 0.285 e. The molecule has 2 aliphatic rings. The Morgan fingerprint density at radius 3 is 2.83 bits per heavy atom. The molecule has 1 amide bonds. The Labute approximate surface area is 133 Å². The van der Waals surface area contributed by atoms with Crippen LogP contribution in [0.2, 0.25) is 0 Å². The van der Waals surface area contributed by atoms with E-state index in [9.17, 15) is 19.7 Å². The first-order chi connectivity index (χ1) is 10.9. The molecule has 0 radical (unpaired) electrons. The highest BCUT2D eigenvalue weighted by Crippen LogP contribution is 2.49. The van der Waals surface area contributed by atoms with E-state index in [1.807, 2.05) is 6.92 Å². The second kappa shape index (κ2) is 6.14. The highest BCUT2D eigenvalue weighted by atomic mass is 16.6. The number of carbonyl (C=O) groups is 1. The number of hydrogen-bond donors (Lipinski definition) is 1. The smallest absolute Gasteiger partial charge is 0.285 e. The first kappa shape index (κ1) is 15.7. The molecule has 1 aromatic rings. The van der Waals surface area contributed by atoms with E-state index in [0.717, 1.165) is 28.8 Å². The number of hydrogen-bond acceptors (Lipinski definition) is 4. The summed E-state index contributed by atoms with van der Waals surface area (Å²) in [5.41, 5.74) is -0.614. The molecule has 1 aromatic heterocycles. The van der Waals surface area contributed by atoms with Crippen LogP contribution < -0.4 is 10.9 Å². The van der Waals surface area contributed by atoms with Crippen LogP contribution >= 0.6 is 0 Å². The Hall–Kier alpha value is -2.18. The molecule has 7 heteroatoms. The van der Waals surface area contributed by atoms with Crippen molar-refractivity contribution in [1.82, 2.24) is 9.88 Å². The topological polar surface area (TPSA) is 94.2 Å². The molecular weight excluding hydrogens is 298 g/mol. The SMILES string of the molecule is C[C@@H](NC(=O)Cn1cc([N+](=O)[O-])ccc1=O)[C@H]1C[C@H]2CC[C@H]1C2. The van der Waals surface area contributed by atoms with Crippen LogP contribution in [0.25, 0.3) is 0 Å². The van der Waals surface area contributed by atoms with E-state index in [0.29, 0.717) is 11.8 Å². The minimum absolute atomic E-state index is 0.0761. The number of nitro groups is 1. The summed E-state index contributed by atoms with van der Waals surface area (Å²) in [5.74, 6) is 1.75. The van der Waals surface area contributed by atoms with Gasteiger partial charge in [0.05, 0.1) is 11.1 Å². The lowest BCUT2D eigenvalue weighted by Gasteiger charge is -2.28. The van der Waals surface area contributed by atoms with Gasteiger partial charge in [-0.15, -0.1) is 0 Å². The molecule has 3 rings (SSSR count). The third kappa shape index (κ3) is 3.28. The number of rotatable bonds is 5. The van der Waals surface area contributed by atoms with Gasteiger partial charge in [0.25, 0.3) is 11.2 Å². The number of nitrogens with zero attached hydrogens (tertiary/aromatic N) is 2. The van der Waals surface area contributed by atoms with Crippen molar-refractivity contribution in [1.29, 1.82) is 0 Å². The summed E-state index contributed by atoms with van der Waals surface area (Å²) in [6.07, 6.45) is 6.12. The first-order valence-corrected chi connectivity index (χ1v) is 8.08. The molecule has 0 aliphatic heterocycles. The number of amides is 1. The fourth-order valence-corrected chi connectivity index (χ4v) is 4.22. The second-order valence-electron chi connectivity index (χ2n) is 6.81. The Kier molecular flexibility index (Phi) is 4.19. The minimum Gasteiger partial charge on any atom is -0.352 e. The Morgan fingerprint density at radius 2 is 2.22 bits per heavy atom. The van der Waals surface area contributed by atoms with E-state index >= 15 is 0 Å². The monoisotopic (exact) mass is 319 g/mol. The molecule has 23 heavy (non-hydrogen) atoms. The number of pyridine rings is 1. The lowest BCUT2D eigenvalue weighted by Crippen LogP contribution is -2.42. The average molecular weight is 319 g/mol. The van der Waals surface area contributed by atoms with Gasteiger partial charge in [-0.1, -0.05) is 6.42 Å². The predicted octanol–water partition coefficient (Wildman–Crippen LogP) is 1.70. The number of carbonyl (C=O) groups excluding carboxylic acids is 1. The molecule has 1 heterocycles. The van der Waals surface area contributed by atoms with E-state index < -0.39 is 10.5 Å². The van der Waals surface area contributed by atoms with Crippen LogP contribution in [0, 0.1) is 27.9 Å². The normalized spacial score (nSPS) is 26.9. The maximum atomic E-state index is 12.2. The van der Waals surface area contributed by atoms with Crippen LogP contribution in [-0.2, 0) is 11.3 Å². The molecule has 0 aromatic carbocycles. The van der Waals surface area contributed by atoms with Gasteiger partial charge in [0.15, 0.2) is 0 Å². The first-order valence-electron chi connectivity index (χ1n) is 8.08. The molecule has 0 spiro atoms. The summed E-state index contributed by atoms with van der Waals surface area (Å²) in [6.45, 7) is 1.82. The van der Waals surface area contributed by atoms with Gasteiger partial charge in [0.2, 0.25) is 5.91 Å². The van der Waals surface area contributed by atoms with Gasteiger partial charge in [-0.2, -0.15) is 0 Å². The van der Waals surface area contributed by atoms with Crippen molar-refractivity contribution < 1.29 is 9.72 Å². The quantitative estimate of drug-likeness (QED) is 0.660. The fraction of sp³-hybridized carbons (Fsp3) is 0.625. The molecule has 1 N–H and O–H groups in total. The molecule has 2 aliphatic carbocycles. The van der Waals surface area contributed by atoms with Crippen molar-refractivity contribution in [2.24, 2.45) is 17.8 Å². The summed E-state index contributed by atoms with van der Waals surface area (Å²) in [7, 11) is 0. The minimum atomic E-state index is -0.578. The van der Waals surface area contributed by atoms with Gasteiger partial charge >= 0.3 is 0 Å². The van der Waals surface area contributed by atoms with Crippen molar-refractivity contribution in [3.05, 3.63) is 38.8 Å². The van der Waals surface area contributed by atoms with Gasteiger partial charge in [-0.3, -0.25) is 24.3 Å². The molecular formula is C16H21N3O4. The molecule has 2 saturated carbocycles. The third-order valence-electron chi connectivity index (χ3n) is 5.32. The Morgan fingerprint density at radius 1 is 1.43 bits per heavy atom. The van der Waals surface area contributed by atoms with E-state index in [1.54, 1.807) is 0 Å². The van der Waals surface area contributed by atoms with E-state index in [1.165, 1.54) is 25.7 Å². The maximum absolute atomic E-state index is 12.2. The Bertz CT molecular complexity index is 684. The highest BCUT2D eigenvalue weighted by molar-refractivity contribution is 5.76. The van der Waals surface area contributed by atoms with Crippen LogP contribution in [0.15, 0.2) is 23.1 Å². The molecule has 2 fully saturated rings. The molecule has 4 atom stereocenters. The molecule has 124 valence electrons. The van der Waals surface area contributed by atoms with Crippen molar-refractivity contribution >= 4 is 11.6 Å². The number of nitrogens with one attached hydrogen (secondary N) is 1. The van der Waals surface area contributed by atoms with E-state index in [4.69, 9.17) is 0 Å². The van der Waals surface area contributed by atoms with Crippen molar-refractivity contribution in [3.63, 3.8) is 0 Å². The zero-order valence-electron chi connectivity index (χ0n) is 13.1. The van der Waals surface area contributed by atoms with Gasteiger partial charge in [0, 0.05) is 18.2 Å². The summed E-state index contributed by atoms with van der Waals surface area (Å²) in [5, 5.41) is 13.7. The summed E-state index contributed by atoms with van der Waals surface area (Å²) >= 11 is 0. The molecule has 0 saturated heterocycles. The lowest BCUT2D eigenvalue weighted by molar-refractivity contribution is -0.385. The fourth-order valence-electron chi connectivity index (χ4n) is 4.22. The summed E-state index contributed by atoms with van der Waals surface area (Å²) < 4.78 is 1.08. The van der Waals surface area contributed by atoms with Gasteiger partial charge < -0.3 is 5.32 Å². The summed E-state index contributed by atoms with van der Waals surface area (Å²) in [6, 6.07) is 2.34. The molecule has 7 nitrogen and oxygen atoms in total. The Balaban J connectivity index is 1.62. The third-order valence-corrected chi connectivity index (χ3v) is 5.32. The zero-order valence-corrected chi connectivity index (χ0v) is 13.1. The van der Waals surface area contributed by atoms with Crippen LogP contribution in [0.4, 0.5) is 5.69 Å². The van der Waals surface area contributed by atoms with Crippen LogP contribution in [0.5, 0.6) is 0 Å². The zero-order chi connectivity index (χ0) is 16.6. The van der Waals surface area contributed by atoms with Gasteiger partial charge in [-0.05, 0) is 43.9 Å². The number of aromatic nitrogens is 1. The summed E-state index contributed by atoms with van der Waals surface area (Å²) in [4.78, 5) is 34.1. The molecule has 2 bridgehead atoms. The molecule has 0 unspecified atom stereocenters. The van der Waals surface area contributed by atoms with E-state index in [2.05, 4.69) is 5.32 Å². The van der Waals surface area contributed by atoms with Crippen LogP contribution in [0.1, 0.15) is 32.6 Å². The highest BCUT2D eigenvalue weighted by Gasteiger charge is 2.42. The number of fused-ring (bicyclic) bond motifs is 2. The largest absolute Gasteiger partial charge is 0.352 e. The lowest BCUT2D eigenvalue weighted by atomic mass is 9.84. The van der Waals surface area contributed by atoms with Crippen LogP contribution in [0.3, 0.4) is 0 Å².